The van der Waals surface area contributed by atoms with Crippen LogP contribution >= 0.6 is 0 Å². The number of carbonyl (C=O) groups is 1. The molecule has 5 heteroatoms. The molecule has 16 heavy (non-hydrogen) atoms. The fourth-order valence-corrected chi connectivity index (χ4v) is 1.48. The summed E-state index contributed by atoms with van der Waals surface area (Å²) in [5.74, 6) is -0.864. The summed E-state index contributed by atoms with van der Waals surface area (Å²) in [4.78, 5) is 12.6. The zero-order valence-corrected chi connectivity index (χ0v) is 9.40. The van der Waals surface area contributed by atoms with Crippen molar-refractivity contribution in [3.63, 3.8) is 0 Å². The largest absolute Gasteiger partial charge is 0.397 e. The normalized spacial score (nSPS) is 10.5. The van der Waals surface area contributed by atoms with E-state index in [0.29, 0.717) is 11.4 Å². The van der Waals surface area contributed by atoms with Gasteiger partial charge >= 0.3 is 0 Å². The fourth-order valence-electron chi connectivity index (χ4n) is 1.48. The number of hydrogen-bond donors (Lipinski definition) is 2. The molecule has 1 aromatic rings. The van der Waals surface area contributed by atoms with Gasteiger partial charge in [0.1, 0.15) is 5.82 Å². The van der Waals surface area contributed by atoms with E-state index in [2.05, 4.69) is 0 Å². The maximum absolute atomic E-state index is 13.1. The molecule has 0 unspecified atom stereocenters. The number of benzene rings is 1. The van der Waals surface area contributed by atoms with Crippen LogP contribution in [-0.4, -0.2) is 18.5 Å². The number of hydrogen-bond acceptors (Lipinski definition) is 3. The Labute approximate surface area is 94.0 Å². The van der Waals surface area contributed by atoms with Crippen LogP contribution in [0.5, 0.6) is 0 Å². The molecule has 0 spiro atoms. The predicted octanol–water partition coefficient (Wildman–Crippen LogP) is 1.11. The van der Waals surface area contributed by atoms with Crippen molar-refractivity contribution in [2.24, 2.45) is 5.73 Å². The second-order valence-corrected chi connectivity index (χ2v) is 3.89. The van der Waals surface area contributed by atoms with Gasteiger partial charge in [-0.1, -0.05) is 0 Å². The van der Waals surface area contributed by atoms with Gasteiger partial charge in [-0.2, -0.15) is 0 Å². The Kier molecular flexibility index (Phi) is 3.71. The summed E-state index contributed by atoms with van der Waals surface area (Å²) in [6.45, 7) is 3.78. The molecule has 0 heterocycles. The molecule has 4 N–H and O–H groups in total. The third-order valence-electron chi connectivity index (χ3n) is 2.25. The van der Waals surface area contributed by atoms with Crippen LogP contribution in [0.4, 0.5) is 15.8 Å². The van der Waals surface area contributed by atoms with Gasteiger partial charge in [0, 0.05) is 6.04 Å². The van der Waals surface area contributed by atoms with Crippen LogP contribution in [-0.2, 0) is 4.79 Å². The Morgan fingerprint density at radius 3 is 2.62 bits per heavy atom. The molecule has 88 valence electrons. The smallest absolute Gasteiger partial charge is 0.236 e. The lowest BCUT2D eigenvalue weighted by molar-refractivity contribution is -0.116. The van der Waals surface area contributed by atoms with E-state index in [4.69, 9.17) is 11.5 Å². The van der Waals surface area contributed by atoms with Crippen LogP contribution in [0.15, 0.2) is 18.2 Å². The molecule has 0 radical (unpaired) electrons. The Bertz CT molecular complexity index is 393. The molecule has 0 aliphatic rings. The van der Waals surface area contributed by atoms with Crippen molar-refractivity contribution in [2.75, 3.05) is 17.2 Å². The molecule has 1 amide bonds. The topological polar surface area (TPSA) is 72.3 Å². The molecular weight excluding hydrogens is 209 g/mol. The zero-order valence-electron chi connectivity index (χ0n) is 9.40. The number of carbonyl (C=O) groups excluding carboxylic acids is 1. The zero-order chi connectivity index (χ0) is 12.3. The monoisotopic (exact) mass is 225 g/mol. The minimum absolute atomic E-state index is 0.0107. The lowest BCUT2D eigenvalue weighted by Gasteiger charge is -2.28. The number of nitrogen functional groups attached to an aromatic ring is 1. The van der Waals surface area contributed by atoms with Crippen LogP contribution in [0.2, 0.25) is 0 Å². The van der Waals surface area contributed by atoms with Gasteiger partial charge in [0.2, 0.25) is 5.91 Å². The highest BCUT2D eigenvalue weighted by Crippen LogP contribution is 2.25. The number of amides is 1. The minimum Gasteiger partial charge on any atom is -0.397 e. The van der Waals surface area contributed by atoms with Crippen molar-refractivity contribution in [2.45, 2.75) is 19.9 Å². The summed E-state index contributed by atoms with van der Waals surface area (Å²) < 4.78 is 13.1. The lowest BCUT2D eigenvalue weighted by Crippen LogP contribution is -2.39. The number of nitrogens with two attached hydrogens (primary N) is 2. The molecular formula is C11H16FN3O. The van der Waals surface area contributed by atoms with Crippen molar-refractivity contribution in [3.05, 3.63) is 24.0 Å². The molecule has 0 fully saturated rings. The SMILES string of the molecule is CC(C)N(CC(N)=O)c1cc(F)ccc1N. The van der Waals surface area contributed by atoms with E-state index in [-0.39, 0.29) is 18.4 Å². The summed E-state index contributed by atoms with van der Waals surface area (Å²) in [6.07, 6.45) is 0. The van der Waals surface area contributed by atoms with E-state index < -0.39 is 5.91 Å². The molecule has 0 aliphatic heterocycles. The highest BCUT2D eigenvalue weighted by molar-refractivity contribution is 5.81. The molecule has 0 atom stereocenters. The van der Waals surface area contributed by atoms with E-state index >= 15 is 0 Å². The van der Waals surface area contributed by atoms with E-state index in [1.807, 2.05) is 13.8 Å². The Morgan fingerprint density at radius 2 is 2.12 bits per heavy atom. The fraction of sp³-hybridized carbons (Fsp3) is 0.364. The summed E-state index contributed by atoms with van der Waals surface area (Å²) >= 11 is 0. The highest BCUT2D eigenvalue weighted by atomic mass is 19.1. The van der Waals surface area contributed by atoms with E-state index in [9.17, 15) is 9.18 Å². The average molecular weight is 225 g/mol. The van der Waals surface area contributed by atoms with Crippen LogP contribution in [0.3, 0.4) is 0 Å². The molecule has 1 rings (SSSR count). The third-order valence-corrected chi connectivity index (χ3v) is 2.25. The standard InChI is InChI=1S/C11H16FN3O/c1-7(2)15(6-11(14)16)10-5-8(12)3-4-9(10)13/h3-5,7H,6,13H2,1-2H3,(H2,14,16). The average Bonchev–Trinajstić information content (AvgIpc) is 2.18. The number of primary amides is 1. The Balaban J connectivity index is 3.09. The lowest BCUT2D eigenvalue weighted by atomic mass is 10.2. The first-order chi connectivity index (χ1) is 7.41. The van der Waals surface area contributed by atoms with Crippen molar-refractivity contribution < 1.29 is 9.18 Å². The number of nitrogens with zero attached hydrogens (tertiary/aromatic N) is 1. The first-order valence-corrected chi connectivity index (χ1v) is 5.01. The number of halogens is 1. The van der Waals surface area contributed by atoms with Gasteiger partial charge in [-0.15, -0.1) is 0 Å². The molecule has 0 aromatic heterocycles. The van der Waals surface area contributed by atoms with Gasteiger partial charge in [0.25, 0.3) is 0 Å². The summed E-state index contributed by atoms with van der Waals surface area (Å²) in [5.41, 5.74) is 11.8. The molecule has 0 bridgehead atoms. The maximum atomic E-state index is 13.1. The Hall–Kier alpha value is -1.78. The van der Waals surface area contributed by atoms with Crippen molar-refractivity contribution in [1.82, 2.24) is 0 Å². The van der Waals surface area contributed by atoms with Gasteiger partial charge in [0.05, 0.1) is 17.9 Å². The first kappa shape index (κ1) is 12.3. The molecule has 0 saturated heterocycles. The predicted molar refractivity (Wildman–Crippen MR) is 62.5 cm³/mol. The second kappa shape index (κ2) is 4.83. The highest BCUT2D eigenvalue weighted by Gasteiger charge is 2.16. The van der Waals surface area contributed by atoms with Gasteiger partial charge in [-0.3, -0.25) is 4.79 Å². The molecule has 0 aliphatic carbocycles. The minimum atomic E-state index is -0.475. The number of rotatable bonds is 4. The van der Waals surface area contributed by atoms with Gasteiger partial charge in [-0.05, 0) is 32.0 Å². The quantitative estimate of drug-likeness (QED) is 0.754. The summed E-state index contributed by atoms with van der Waals surface area (Å²) in [5, 5.41) is 0. The van der Waals surface area contributed by atoms with Gasteiger partial charge < -0.3 is 16.4 Å². The van der Waals surface area contributed by atoms with E-state index in [0.717, 1.165) is 0 Å². The maximum Gasteiger partial charge on any atom is 0.236 e. The van der Waals surface area contributed by atoms with Crippen LogP contribution < -0.4 is 16.4 Å². The first-order valence-electron chi connectivity index (χ1n) is 5.01. The van der Waals surface area contributed by atoms with Crippen LogP contribution in [0.25, 0.3) is 0 Å². The molecule has 0 saturated carbocycles. The second-order valence-electron chi connectivity index (χ2n) is 3.89. The summed E-state index contributed by atoms with van der Waals surface area (Å²) in [6, 6.07) is 4.07. The molecule has 1 aromatic carbocycles. The molecule has 4 nitrogen and oxygen atoms in total. The third kappa shape index (κ3) is 2.85. The van der Waals surface area contributed by atoms with E-state index in [1.165, 1.54) is 18.2 Å². The van der Waals surface area contributed by atoms with Crippen molar-refractivity contribution >= 4 is 17.3 Å². The van der Waals surface area contributed by atoms with Crippen molar-refractivity contribution in [1.29, 1.82) is 0 Å². The van der Waals surface area contributed by atoms with Crippen LogP contribution in [0, 0.1) is 5.82 Å². The summed E-state index contributed by atoms with van der Waals surface area (Å²) in [7, 11) is 0. The van der Waals surface area contributed by atoms with Crippen molar-refractivity contribution in [3.8, 4) is 0 Å². The van der Waals surface area contributed by atoms with E-state index in [1.54, 1.807) is 4.90 Å². The van der Waals surface area contributed by atoms with Gasteiger partial charge in [0.15, 0.2) is 0 Å². The van der Waals surface area contributed by atoms with Gasteiger partial charge in [-0.25, -0.2) is 4.39 Å². The van der Waals surface area contributed by atoms with Crippen LogP contribution in [0.1, 0.15) is 13.8 Å². The Morgan fingerprint density at radius 1 is 1.50 bits per heavy atom. The number of anilines is 2.